The molecule has 1 aromatic rings. The maximum absolute atomic E-state index is 12.3. The molecule has 6 heteroatoms. The van der Waals surface area contributed by atoms with Crippen LogP contribution in [0, 0.1) is 0 Å². The van der Waals surface area contributed by atoms with Crippen molar-refractivity contribution in [1.29, 1.82) is 0 Å². The van der Waals surface area contributed by atoms with E-state index in [0.717, 1.165) is 0 Å². The smallest absolute Gasteiger partial charge is 0.338 e. The number of nitrogens with one attached hydrogen (secondary N) is 2. The molecule has 0 aromatic heterocycles. The molecular weight excluding hydrogens is 304 g/mol. The minimum atomic E-state index is -0.638. The van der Waals surface area contributed by atoms with Crippen LogP contribution in [0.2, 0.25) is 5.02 Å². The van der Waals surface area contributed by atoms with Gasteiger partial charge in [0.1, 0.15) is 6.61 Å². The maximum atomic E-state index is 12.3. The van der Waals surface area contributed by atoms with E-state index >= 15 is 0 Å². The monoisotopic (exact) mass is 320 g/mol. The summed E-state index contributed by atoms with van der Waals surface area (Å²) >= 11 is 6.19. The quantitative estimate of drug-likeness (QED) is 0.661. The Kier molecular flexibility index (Phi) is 5.22. The third-order valence-electron chi connectivity index (χ3n) is 3.25. The van der Waals surface area contributed by atoms with Crippen molar-refractivity contribution in [2.45, 2.75) is 19.9 Å². The number of benzene rings is 1. The molecule has 1 aliphatic heterocycles. The lowest BCUT2D eigenvalue weighted by molar-refractivity contribution is -0.138. The van der Waals surface area contributed by atoms with Crippen LogP contribution in [0.3, 0.4) is 0 Å². The second-order valence-electron chi connectivity index (χ2n) is 4.76. The summed E-state index contributed by atoms with van der Waals surface area (Å²) in [6.45, 7) is 3.68. The summed E-state index contributed by atoms with van der Waals surface area (Å²) in [5.74, 6) is -0.493. The third kappa shape index (κ3) is 3.49. The van der Waals surface area contributed by atoms with Crippen molar-refractivity contribution in [1.82, 2.24) is 10.6 Å². The number of allylic oxidation sites excluding steroid dienone is 2. The molecular formula is C16H17ClN2O3. The average Bonchev–Trinajstić information content (AvgIpc) is 2.47. The fourth-order valence-corrected chi connectivity index (χ4v) is 2.45. The SMILES string of the molecule is C/C=C/COC(=O)C1=C(C)NC(=O)NC1c1ccccc1Cl. The molecule has 1 unspecified atom stereocenters. The predicted molar refractivity (Wildman–Crippen MR) is 84.3 cm³/mol. The molecule has 0 bridgehead atoms. The Hall–Kier alpha value is -2.27. The summed E-state index contributed by atoms with van der Waals surface area (Å²) in [4.78, 5) is 24.1. The van der Waals surface area contributed by atoms with Crippen LogP contribution in [-0.2, 0) is 9.53 Å². The highest BCUT2D eigenvalue weighted by molar-refractivity contribution is 6.31. The number of carbonyl (C=O) groups is 2. The molecule has 0 saturated carbocycles. The van der Waals surface area contributed by atoms with E-state index < -0.39 is 12.0 Å². The first-order valence-electron chi connectivity index (χ1n) is 6.85. The van der Waals surface area contributed by atoms with Crippen LogP contribution in [0.4, 0.5) is 4.79 Å². The Morgan fingerprint density at radius 3 is 2.82 bits per heavy atom. The summed E-state index contributed by atoms with van der Waals surface area (Å²) in [5, 5.41) is 5.77. The van der Waals surface area contributed by atoms with Gasteiger partial charge in [0, 0.05) is 10.7 Å². The zero-order valence-electron chi connectivity index (χ0n) is 12.4. The third-order valence-corrected chi connectivity index (χ3v) is 3.60. The Morgan fingerprint density at radius 1 is 1.41 bits per heavy atom. The summed E-state index contributed by atoms with van der Waals surface area (Å²) in [6.07, 6.45) is 3.52. The number of carbonyl (C=O) groups excluding carboxylic acids is 2. The fraction of sp³-hybridized carbons (Fsp3) is 0.250. The molecule has 5 nitrogen and oxygen atoms in total. The van der Waals surface area contributed by atoms with Crippen molar-refractivity contribution in [3.8, 4) is 0 Å². The lowest BCUT2D eigenvalue weighted by atomic mass is 9.95. The van der Waals surface area contributed by atoms with Crippen LogP contribution in [-0.4, -0.2) is 18.6 Å². The minimum absolute atomic E-state index is 0.176. The molecule has 0 aliphatic carbocycles. The normalized spacial score (nSPS) is 18.1. The fourth-order valence-electron chi connectivity index (χ4n) is 2.20. The standard InChI is InChI=1S/C16H17ClN2O3/c1-3-4-9-22-15(20)13-10(2)18-16(21)19-14(13)11-7-5-6-8-12(11)17/h3-8,14H,9H2,1-2H3,(H2,18,19,21)/b4-3+. The van der Waals surface area contributed by atoms with Crippen molar-refractivity contribution in [2.24, 2.45) is 0 Å². The van der Waals surface area contributed by atoms with Gasteiger partial charge in [0.25, 0.3) is 0 Å². The first-order valence-corrected chi connectivity index (χ1v) is 7.23. The van der Waals surface area contributed by atoms with E-state index in [1.165, 1.54) is 0 Å². The van der Waals surface area contributed by atoms with Crippen LogP contribution >= 0.6 is 11.6 Å². The molecule has 2 rings (SSSR count). The van der Waals surface area contributed by atoms with Crippen LogP contribution < -0.4 is 10.6 Å². The zero-order chi connectivity index (χ0) is 16.1. The van der Waals surface area contributed by atoms with Gasteiger partial charge >= 0.3 is 12.0 Å². The van der Waals surface area contributed by atoms with Gasteiger partial charge in [-0.1, -0.05) is 42.0 Å². The number of hydrogen-bond donors (Lipinski definition) is 2. The zero-order valence-corrected chi connectivity index (χ0v) is 13.1. The van der Waals surface area contributed by atoms with E-state index in [1.807, 2.05) is 6.92 Å². The number of ether oxygens (including phenoxy) is 1. The number of hydrogen-bond acceptors (Lipinski definition) is 3. The second-order valence-corrected chi connectivity index (χ2v) is 5.17. The highest BCUT2D eigenvalue weighted by Gasteiger charge is 2.33. The van der Waals surface area contributed by atoms with Gasteiger partial charge in [-0.25, -0.2) is 9.59 Å². The van der Waals surface area contributed by atoms with Crippen LogP contribution in [0.25, 0.3) is 0 Å². The maximum Gasteiger partial charge on any atom is 0.338 e. The molecule has 2 amide bonds. The van der Waals surface area contributed by atoms with Gasteiger partial charge in [-0.3, -0.25) is 0 Å². The largest absolute Gasteiger partial charge is 0.458 e. The lowest BCUT2D eigenvalue weighted by Crippen LogP contribution is -2.45. The van der Waals surface area contributed by atoms with Crippen LogP contribution in [0.1, 0.15) is 25.5 Å². The summed E-state index contributed by atoms with van der Waals surface area (Å²) in [6, 6.07) is 6.05. The van der Waals surface area contributed by atoms with Crippen molar-refractivity contribution in [2.75, 3.05) is 6.61 Å². The molecule has 2 N–H and O–H groups in total. The molecule has 1 heterocycles. The number of urea groups is 1. The first kappa shape index (κ1) is 16.1. The van der Waals surface area contributed by atoms with Crippen molar-refractivity contribution < 1.29 is 14.3 Å². The lowest BCUT2D eigenvalue weighted by Gasteiger charge is -2.28. The molecule has 1 atom stereocenters. The summed E-state index contributed by atoms with van der Waals surface area (Å²) in [7, 11) is 0. The van der Waals surface area contributed by atoms with E-state index in [0.29, 0.717) is 21.9 Å². The van der Waals surface area contributed by atoms with Crippen LogP contribution in [0.15, 0.2) is 47.7 Å². The van der Waals surface area contributed by atoms with Gasteiger partial charge in [0.05, 0.1) is 11.6 Å². The number of halogens is 1. The van der Waals surface area contributed by atoms with Gasteiger partial charge < -0.3 is 15.4 Å². The Labute approximate surface area is 134 Å². The van der Waals surface area contributed by atoms with Gasteiger partial charge in [0.15, 0.2) is 0 Å². The molecule has 1 aromatic carbocycles. The van der Waals surface area contributed by atoms with Crippen molar-refractivity contribution >= 4 is 23.6 Å². The van der Waals surface area contributed by atoms with E-state index in [4.69, 9.17) is 16.3 Å². The van der Waals surface area contributed by atoms with E-state index in [9.17, 15) is 9.59 Å². The summed E-state index contributed by atoms with van der Waals surface area (Å²) < 4.78 is 5.20. The molecule has 0 fully saturated rings. The number of amides is 2. The number of esters is 1. The topological polar surface area (TPSA) is 67.4 Å². The van der Waals surface area contributed by atoms with Crippen molar-refractivity contribution in [3.05, 3.63) is 58.3 Å². The Balaban J connectivity index is 2.37. The number of rotatable bonds is 4. The first-order chi connectivity index (χ1) is 10.5. The highest BCUT2D eigenvalue weighted by Crippen LogP contribution is 2.31. The van der Waals surface area contributed by atoms with Crippen LogP contribution in [0.5, 0.6) is 0 Å². The van der Waals surface area contributed by atoms with Crippen molar-refractivity contribution in [3.63, 3.8) is 0 Å². The van der Waals surface area contributed by atoms with Gasteiger partial charge in [-0.15, -0.1) is 0 Å². The predicted octanol–water partition coefficient (Wildman–Crippen LogP) is 3.09. The van der Waals surface area contributed by atoms with Gasteiger partial charge in [-0.05, 0) is 25.5 Å². The molecule has 0 spiro atoms. The summed E-state index contributed by atoms with van der Waals surface area (Å²) in [5.41, 5.74) is 1.45. The van der Waals surface area contributed by atoms with Gasteiger partial charge in [-0.2, -0.15) is 0 Å². The van der Waals surface area contributed by atoms with Gasteiger partial charge in [0.2, 0.25) is 0 Å². The van der Waals surface area contributed by atoms with E-state index in [-0.39, 0.29) is 12.6 Å². The van der Waals surface area contributed by atoms with E-state index in [1.54, 1.807) is 43.3 Å². The van der Waals surface area contributed by atoms with E-state index in [2.05, 4.69) is 10.6 Å². The highest BCUT2D eigenvalue weighted by atomic mass is 35.5. The minimum Gasteiger partial charge on any atom is -0.458 e. The molecule has 116 valence electrons. The Bertz CT molecular complexity index is 653. The molecule has 1 aliphatic rings. The average molecular weight is 321 g/mol. The Morgan fingerprint density at radius 2 is 2.14 bits per heavy atom. The second kappa shape index (κ2) is 7.13. The molecule has 0 radical (unpaired) electrons. The molecule has 0 saturated heterocycles. The molecule has 22 heavy (non-hydrogen) atoms.